The van der Waals surface area contributed by atoms with E-state index in [0.29, 0.717) is 5.92 Å². The number of aryl methyl sites for hydroxylation is 1. The van der Waals surface area contributed by atoms with Crippen molar-refractivity contribution in [3.05, 3.63) is 21.9 Å². The second-order valence-electron chi connectivity index (χ2n) is 4.03. The molecular formula is C11H15NOS. The first-order valence-electron chi connectivity index (χ1n) is 5.03. The van der Waals surface area contributed by atoms with Gasteiger partial charge in [-0.1, -0.05) is 6.42 Å². The van der Waals surface area contributed by atoms with Crippen molar-refractivity contribution in [2.75, 3.05) is 0 Å². The second kappa shape index (κ2) is 3.83. The summed E-state index contributed by atoms with van der Waals surface area (Å²) in [6, 6.07) is 1.67. The van der Waals surface area contributed by atoms with Crippen molar-refractivity contribution in [2.45, 2.75) is 32.2 Å². The third-order valence-electron chi connectivity index (χ3n) is 2.98. The summed E-state index contributed by atoms with van der Waals surface area (Å²) in [4.78, 5) is 13.0. The quantitative estimate of drug-likeness (QED) is 0.777. The largest absolute Gasteiger partial charge is 0.321 e. The maximum atomic E-state index is 11.9. The van der Waals surface area contributed by atoms with Crippen LogP contribution in [0.2, 0.25) is 0 Å². The lowest BCUT2D eigenvalue weighted by atomic mass is 9.78. The van der Waals surface area contributed by atoms with Crippen LogP contribution in [-0.4, -0.2) is 11.8 Å². The van der Waals surface area contributed by atoms with Gasteiger partial charge in [0.2, 0.25) is 0 Å². The monoisotopic (exact) mass is 209 g/mol. The summed E-state index contributed by atoms with van der Waals surface area (Å²) in [6.45, 7) is 2.01. The smallest absolute Gasteiger partial charge is 0.180 e. The van der Waals surface area contributed by atoms with E-state index in [1.165, 1.54) is 11.3 Å². The van der Waals surface area contributed by atoms with E-state index in [4.69, 9.17) is 5.73 Å². The minimum atomic E-state index is -0.266. The van der Waals surface area contributed by atoms with Gasteiger partial charge in [-0.25, -0.2) is 0 Å². The van der Waals surface area contributed by atoms with Crippen molar-refractivity contribution >= 4 is 17.1 Å². The van der Waals surface area contributed by atoms with Crippen molar-refractivity contribution in [3.63, 3.8) is 0 Å². The Hall–Kier alpha value is -0.670. The molecule has 1 fully saturated rings. The van der Waals surface area contributed by atoms with E-state index in [1.807, 2.05) is 18.4 Å². The molecule has 1 saturated carbocycles. The molecule has 1 aliphatic carbocycles. The molecule has 3 heteroatoms. The van der Waals surface area contributed by atoms with Gasteiger partial charge in [0.1, 0.15) is 0 Å². The van der Waals surface area contributed by atoms with Gasteiger partial charge < -0.3 is 5.73 Å². The lowest BCUT2D eigenvalue weighted by molar-refractivity contribution is 0.0897. The molecule has 0 radical (unpaired) electrons. The number of nitrogens with two attached hydrogens (primary N) is 1. The molecule has 0 amide bonds. The molecule has 1 heterocycles. The standard InChI is InChI=1S/C11H15NOS/c1-7-5-9(6-14-7)11(13)10(12)8-3-2-4-8/h5-6,8,10H,2-4,12H2,1H3. The Morgan fingerprint density at radius 2 is 2.36 bits per heavy atom. The molecule has 1 unspecified atom stereocenters. The summed E-state index contributed by atoms with van der Waals surface area (Å²) in [7, 11) is 0. The van der Waals surface area contributed by atoms with Crippen LogP contribution in [-0.2, 0) is 0 Å². The minimum absolute atomic E-state index is 0.124. The summed E-state index contributed by atoms with van der Waals surface area (Å²) in [6.07, 6.45) is 3.47. The van der Waals surface area contributed by atoms with Gasteiger partial charge in [0.05, 0.1) is 6.04 Å². The molecule has 0 saturated heterocycles. The highest BCUT2D eigenvalue weighted by atomic mass is 32.1. The first-order chi connectivity index (χ1) is 6.68. The van der Waals surface area contributed by atoms with E-state index in [9.17, 15) is 4.79 Å². The van der Waals surface area contributed by atoms with Crippen LogP contribution in [0.5, 0.6) is 0 Å². The molecule has 2 rings (SSSR count). The first-order valence-corrected chi connectivity index (χ1v) is 5.91. The van der Waals surface area contributed by atoms with Crippen LogP contribution in [0.3, 0.4) is 0 Å². The molecule has 1 aliphatic rings. The normalized spacial score (nSPS) is 19.0. The summed E-state index contributed by atoms with van der Waals surface area (Å²) in [5.74, 6) is 0.557. The summed E-state index contributed by atoms with van der Waals surface area (Å²) < 4.78 is 0. The average molecular weight is 209 g/mol. The maximum absolute atomic E-state index is 11.9. The fourth-order valence-corrected chi connectivity index (χ4v) is 2.47. The Balaban J connectivity index is 2.07. The zero-order valence-corrected chi connectivity index (χ0v) is 9.14. The van der Waals surface area contributed by atoms with Crippen LogP contribution >= 0.6 is 11.3 Å². The molecule has 76 valence electrons. The van der Waals surface area contributed by atoms with Crippen LogP contribution in [0.25, 0.3) is 0 Å². The molecule has 0 aliphatic heterocycles. The Morgan fingerprint density at radius 3 is 2.79 bits per heavy atom. The molecule has 2 nitrogen and oxygen atoms in total. The van der Waals surface area contributed by atoms with Crippen molar-refractivity contribution in [1.82, 2.24) is 0 Å². The molecule has 2 N–H and O–H groups in total. The van der Waals surface area contributed by atoms with Gasteiger partial charge in [-0.05, 0) is 31.7 Å². The van der Waals surface area contributed by atoms with E-state index >= 15 is 0 Å². The average Bonchev–Trinajstić information content (AvgIpc) is 2.47. The van der Waals surface area contributed by atoms with E-state index in [2.05, 4.69) is 0 Å². The number of hydrogen-bond donors (Lipinski definition) is 1. The van der Waals surface area contributed by atoms with Crippen LogP contribution in [0.1, 0.15) is 34.5 Å². The number of ketones is 1. The third kappa shape index (κ3) is 1.74. The molecule has 1 aromatic rings. The fraction of sp³-hybridized carbons (Fsp3) is 0.545. The van der Waals surface area contributed by atoms with Crippen molar-refractivity contribution in [3.8, 4) is 0 Å². The topological polar surface area (TPSA) is 43.1 Å². The Labute approximate surface area is 88.1 Å². The van der Waals surface area contributed by atoms with Gasteiger partial charge in [0.15, 0.2) is 5.78 Å². The number of carbonyl (C=O) groups excluding carboxylic acids is 1. The predicted molar refractivity (Wildman–Crippen MR) is 58.7 cm³/mol. The van der Waals surface area contributed by atoms with Crippen LogP contribution in [0, 0.1) is 12.8 Å². The highest BCUT2D eigenvalue weighted by molar-refractivity contribution is 7.10. The number of thiophene rings is 1. The van der Waals surface area contributed by atoms with Gasteiger partial charge in [-0.3, -0.25) is 4.79 Å². The number of Topliss-reactive ketones (excluding diaryl/α,β-unsaturated/α-hetero) is 1. The fourth-order valence-electron chi connectivity index (χ4n) is 1.78. The van der Waals surface area contributed by atoms with E-state index in [1.54, 1.807) is 11.3 Å². The SMILES string of the molecule is Cc1cc(C(=O)C(N)C2CCC2)cs1. The van der Waals surface area contributed by atoms with Gasteiger partial charge in [0, 0.05) is 15.8 Å². The predicted octanol–water partition coefficient (Wildman–Crippen LogP) is 2.37. The van der Waals surface area contributed by atoms with Gasteiger partial charge in [-0.15, -0.1) is 11.3 Å². The van der Waals surface area contributed by atoms with Gasteiger partial charge in [-0.2, -0.15) is 0 Å². The van der Waals surface area contributed by atoms with Gasteiger partial charge in [0.25, 0.3) is 0 Å². The second-order valence-corrected chi connectivity index (χ2v) is 5.14. The molecule has 0 bridgehead atoms. The number of hydrogen-bond acceptors (Lipinski definition) is 3. The van der Waals surface area contributed by atoms with Crippen molar-refractivity contribution in [2.24, 2.45) is 11.7 Å². The lowest BCUT2D eigenvalue weighted by Gasteiger charge is -2.29. The molecule has 1 aromatic heterocycles. The molecule has 0 aromatic carbocycles. The van der Waals surface area contributed by atoms with Crippen LogP contribution in [0.15, 0.2) is 11.4 Å². The summed E-state index contributed by atoms with van der Waals surface area (Å²) in [5, 5.41) is 1.91. The molecule has 1 atom stereocenters. The number of rotatable bonds is 3. The highest BCUT2D eigenvalue weighted by Gasteiger charge is 2.30. The molecular weight excluding hydrogens is 194 g/mol. The molecule has 0 spiro atoms. The highest BCUT2D eigenvalue weighted by Crippen LogP contribution is 2.30. The maximum Gasteiger partial charge on any atom is 0.180 e. The molecule has 14 heavy (non-hydrogen) atoms. The van der Waals surface area contributed by atoms with E-state index in [-0.39, 0.29) is 11.8 Å². The van der Waals surface area contributed by atoms with Crippen LogP contribution in [0.4, 0.5) is 0 Å². The first kappa shape index (κ1) is 9.87. The van der Waals surface area contributed by atoms with Crippen molar-refractivity contribution in [1.29, 1.82) is 0 Å². The summed E-state index contributed by atoms with van der Waals surface area (Å²) in [5.41, 5.74) is 6.72. The zero-order chi connectivity index (χ0) is 10.1. The lowest BCUT2D eigenvalue weighted by Crippen LogP contribution is -2.41. The Morgan fingerprint density at radius 1 is 1.64 bits per heavy atom. The Bertz CT molecular complexity index is 341. The minimum Gasteiger partial charge on any atom is -0.321 e. The van der Waals surface area contributed by atoms with Gasteiger partial charge >= 0.3 is 0 Å². The number of carbonyl (C=O) groups is 1. The Kier molecular flexibility index (Phi) is 2.70. The van der Waals surface area contributed by atoms with E-state index in [0.717, 1.165) is 18.4 Å². The van der Waals surface area contributed by atoms with Crippen molar-refractivity contribution < 1.29 is 4.79 Å². The third-order valence-corrected chi connectivity index (χ3v) is 3.84. The zero-order valence-electron chi connectivity index (χ0n) is 8.32. The van der Waals surface area contributed by atoms with Crippen LogP contribution < -0.4 is 5.73 Å². The summed E-state index contributed by atoms with van der Waals surface area (Å²) >= 11 is 1.61. The van der Waals surface area contributed by atoms with E-state index < -0.39 is 0 Å².